The summed E-state index contributed by atoms with van der Waals surface area (Å²) in [4.78, 5) is 14.5. The Hall–Kier alpha value is -2.30. The van der Waals surface area contributed by atoms with Gasteiger partial charge in [-0.3, -0.25) is 9.48 Å². The van der Waals surface area contributed by atoms with Crippen LogP contribution in [0.1, 0.15) is 36.3 Å². The molecule has 0 spiro atoms. The number of nitrogens with zero attached hydrogens (tertiary/aromatic N) is 3. The number of likely N-dealkylation sites (tertiary alicyclic amines) is 1. The van der Waals surface area contributed by atoms with Crippen LogP contribution >= 0.6 is 0 Å². The van der Waals surface area contributed by atoms with Crippen molar-refractivity contribution >= 4 is 5.91 Å². The van der Waals surface area contributed by atoms with Crippen LogP contribution < -0.4 is 4.74 Å². The van der Waals surface area contributed by atoms with E-state index in [2.05, 4.69) is 22.8 Å². The van der Waals surface area contributed by atoms with Crippen LogP contribution in [0.15, 0.2) is 30.3 Å². The van der Waals surface area contributed by atoms with Crippen molar-refractivity contribution in [2.24, 2.45) is 0 Å². The third-order valence-electron chi connectivity index (χ3n) is 4.50. The van der Waals surface area contributed by atoms with Gasteiger partial charge in [-0.25, -0.2) is 0 Å². The molecular formula is C19H25N3O2. The maximum absolute atomic E-state index is 12.6. The lowest BCUT2D eigenvalue weighted by molar-refractivity contribution is -0.129. The van der Waals surface area contributed by atoms with E-state index in [0.717, 1.165) is 36.5 Å². The molecule has 0 bridgehead atoms. The molecule has 3 rings (SSSR count). The molecule has 1 aromatic carbocycles. The normalized spacial score (nSPS) is 17.3. The van der Waals surface area contributed by atoms with Gasteiger partial charge in [-0.05, 0) is 51.0 Å². The van der Waals surface area contributed by atoms with Crippen molar-refractivity contribution in [3.05, 3.63) is 47.3 Å². The predicted octanol–water partition coefficient (Wildman–Crippen LogP) is 2.91. The molecule has 128 valence electrons. The SMILES string of the molecule is CCOc1ccc(CC(=O)N2CCC(n3nc(C)cc3C)C2)cc1. The lowest BCUT2D eigenvalue weighted by Crippen LogP contribution is -2.30. The predicted molar refractivity (Wildman–Crippen MR) is 93.3 cm³/mol. The Morgan fingerprint density at radius 2 is 2.04 bits per heavy atom. The summed E-state index contributed by atoms with van der Waals surface area (Å²) in [6.07, 6.45) is 1.41. The van der Waals surface area contributed by atoms with Crippen molar-refractivity contribution in [1.82, 2.24) is 14.7 Å². The summed E-state index contributed by atoms with van der Waals surface area (Å²) < 4.78 is 7.51. The molecule has 24 heavy (non-hydrogen) atoms. The number of hydrogen-bond donors (Lipinski definition) is 0. The van der Waals surface area contributed by atoms with E-state index in [9.17, 15) is 4.79 Å². The lowest BCUT2D eigenvalue weighted by atomic mass is 10.1. The Bertz CT molecular complexity index is 706. The summed E-state index contributed by atoms with van der Waals surface area (Å²) in [5.74, 6) is 1.03. The molecule has 1 saturated heterocycles. The third kappa shape index (κ3) is 3.61. The zero-order valence-corrected chi connectivity index (χ0v) is 14.7. The first kappa shape index (κ1) is 16.6. The van der Waals surface area contributed by atoms with E-state index < -0.39 is 0 Å². The second kappa shape index (κ2) is 7.07. The van der Waals surface area contributed by atoms with Crippen LogP contribution in [0, 0.1) is 13.8 Å². The molecule has 0 N–H and O–H groups in total. The molecule has 5 heteroatoms. The van der Waals surface area contributed by atoms with Crippen molar-refractivity contribution in [3.63, 3.8) is 0 Å². The monoisotopic (exact) mass is 327 g/mol. The molecule has 0 saturated carbocycles. The molecule has 1 atom stereocenters. The van der Waals surface area contributed by atoms with E-state index in [-0.39, 0.29) is 5.91 Å². The second-order valence-electron chi connectivity index (χ2n) is 6.41. The average Bonchev–Trinajstić information content (AvgIpc) is 3.16. The fraction of sp³-hybridized carbons (Fsp3) is 0.474. The van der Waals surface area contributed by atoms with Gasteiger partial charge in [-0.15, -0.1) is 0 Å². The van der Waals surface area contributed by atoms with E-state index in [1.807, 2.05) is 43.0 Å². The Morgan fingerprint density at radius 1 is 1.29 bits per heavy atom. The van der Waals surface area contributed by atoms with E-state index in [1.165, 1.54) is 5.69 Å². The maximum atomic E-state index is 12.6. The highest BCUT2D eigenvalue weighted by atomic mass is 16.5. The van der Waals surface area contributed by atoms with E-state index in [4.69, 9.17) is 4.74 Å². The van der Waals surface area contributed by atoms with Gasteiger partial charge in [-0.1, -0.05) is 12.1 Å². The van der Waals surface area contributed by atoms with Gasteiger partial charge in [0.05, 0.1) is 24.8 Å². The number of aryl methyl sites for hydroxylation is 2. The number of hydrogen-bond acceptors (Lipinski definition) is 3. The third-order valence-corrected chi connectivity index (χ3v) is 4.50. The van der Waals surface area contributed by atoms with Crippen molar-refractivity contribution in [2.75, 3.05) is 19.7 Å². The van der Waals surface area contributed by atoms with Gasteiger partial charge in [0.15, 0.2) is 0 Å². The summed E-state index contributed by atoms with van der Waals surface area (Å²) in [5, 5.41) is 4.56. The minimum absolute atomic E-state index is 0.184. The largest absolute Gasteiger partial charge is 0.494 e. The van der Waals surface area contributed by atoms with E-state index in [1.54, 1.807) is 0 Å². The standard InChI is InChI=1S/C19H25N3O2/c1-4-24-18-7-5-16(6-8-18)12-19(23)21-10-9-17(13-21)22-15(3)11-14(2)20-22/h5-8,11,17H,4,9-10,12-13H2,1-3H3. The van der Waals surface area contributed by atoms with Gasteiger partial charge in [0, 0.05) is 18.8 Å². The topological polar surface area (TPSA) is 47.4 Å². The van der Waals surface area contributed by atoms with Gasteiger partial charge in [-0.2, -0.15) is 5.10 Å². The number of aromatic nitrogens is 2. The van der Waals surface area contributed by atoms with E-state index in [0.29, 0.717) is 19.1 Å². The summed E-state index contributed by atoms with van der Waals surface area (Å²) in [6.45, 7) is 8.25. The lowest BCUT2D eigenvalue weighted by Gasteiger charge is -2.17. The Balaban J connectivity index is 1.59. The molecule has 1 aliphatic rings. The fourth-order valence-electron chi connectivity index (χ4n) is 3.34. The van der Waals surface area contributed by atoms with Crippen LogP contribution in [0.25, 0.3) is 0 Å². The van der Waals surface area contributed by atoms with Crippen LogP contribution in [-0.4, -0.2) is 40.3 Å². The van der Waals surface area contributed by atoms with Crippen molar-refractivity contribution in [2.45, 2.75) is 39.7 Å². The van der Waals surface area contributed by atoms with Crippen LogP contribution in [-0.2, 0) is 11.2 Å². The minimum atomic E-state index is 0.184. The Morgan fingerprint density at radius 3 is 2.67 bits per heavy atom. The summed E-state index contributed by atoms with van der Waals surface area (Å²) in [6, 6.07) is 10.2. The Labute approximate surface area is 143 Å². The van der Waals surface area contributed by atoms with Crippen molar-refractivity contribution in [3.8, 4) is 5.75 Å². The highest BCUT2D eigenvalue weighted by Crippen LogP contribution is 2.24. The van der Waals surface area contributed by atoms with Gasteiger partial charge < -0.3 is 9.64 Å². The van der Waals surface area contributed by atoms with Crippen LogP contribution in [0.4, 0.5) is 0 Å². The fourth-order valence-corrected chi connectivity index (χ4v) is 3.34. The van der Waals surface area contributed by atoms with E-state index >= 15 is 0 Å². The summed E-state index contributed by atoms with van der Waals surface area (Å²) in [7, 11) is 0. The van der Waals surface area contributed by atoms with Crippen LogP contribution in [0.2, 0.25) is 0 Å². The number of rotatable bonds is 5. The van der Waals surface area contributed by atoms with Crippen molar-refractivity contribution in [1.29, 1.82) is 0 Å². The van der Waals surface area contributed by atoms with Crippen molar-refractivity contribution < 1.29 is 9.53 Å². The van der Waals surface area contributed by atoms with Crippen LogP contribution in [0.5, 0.6) is 5.75 Å². The first-order valence-corrected chi connectivity index (χ1v) is 8.59. The van der Waals surface area contributed by atoms with Gasteiger partial charge in [0.25, 0.3) is 0 Å². The molecule has 1 fully saturated rings. The minimum Gasteiger partial charge on any atom is -0.494 e. The molecule has 1 unspecified atom stereocenters. The summed E-state index contributed by atoms with van der Waals surface area (Å²) >= 11 is 0. The number of benzene rings is 1. The quantitative estimate of drug-likeness (QED) is 0.848. The first-order valence-electron chi connectivity index (χ1n) is 8.59. The molecule has 5 nitrogen and oxygen atoms in total. The smallest absolute Gasteiger partial charge is 0.227 e. The molecule has 2 heterocycles. The zero-order chi connectivity index (χ0) is 17.1. The zero-order valence-electron chi connectivity index (χ0n) is 14.7. The van der Waals surface area contributed by atoms with Crippen LogP contribution in [0.3, 0.4) is 0 Å². The second-order valence-corrected chi connectivity index (χ2v) is 6.41. The molecular weight excluding hydrogens is 302 g/mol. The van der Waals surface area contributed by atoms with Gasteiger partial charge in [0.2, 0.25) is 5.91 Å². The molecule has 1 aromatic heterocycles. The molecule has 0 aliphatic carbocycles. The highest BCUT2D eigenvalue weighted by Gasteiger charge is 2.28. The maximum Gasteiger partial charge on any atom is 0.227 e. The molecule has 2 aromatic rings. The Kier molecular flexibility index (Phi) is 4.88. The molecule has 0 radical (unpaired) electrons. The average molecular weight is 327 g/mol. The number of amides is 1. The highest BCUT2D eigenvalue weighted by molar-refractivity contribution is 5.79. The van der Waals surface area contributed by atoms with Gasteiger partial charge in [0.1, 0.15) is 5.75 Å². The summed E-state index contributed by atoms with van der Waals surface area (Å²) in [5.41, 5.74) is 3.22. The molecule has 1 amide bonds. The number of ether oxygens (including phenoxy) is 1. The first-order chi connectivity index (χ1) is 11.6. The molecule has 1 aliphatic heterocycles. The number of carbonyl (C=O) groups is 1. The number of carbonyl (C=O) groups excluding carboxylic acids is 1. The van der Waals surface area contributed by atoms with Gasteiger partial charge >= 0.3 is 0 Å².